The summed E-state index contributed by atoms with van der Waals surface area (Å²) in [6.07, 6.45) is 5.86. The first-order valence-electron chi connectivity index (χ1n) is 39.9. The molecule has 0 saturated carbocycles. The van der Waals surface area contributed by atoms with E-state index in [1.807, 2.05) is 6.92 Å². The van der Waals surface area contributed by atoms with Crippen molar-refractivity contribution in [2.24, 2.45) is 0 Å². The Hall–Kier alpha value is -11.6. The van der Waals surface area contributed by atoms with E-state index in [1.54, 1.807) is 128 Å². The van der Waals surface area contributed by atoms with Gasteiger partial charge in [-0.15, -0.1) is 6.58 Å². The third-order valence-corrected chi connectivity index (χ3v) is 24.9. The number of nitrogens with one attached hydrogen (secondary N) is 4. The number of Topliss-reactive ketones (excluding diaryl/α,β-unsaturated/α-hetero) is 4. The number of benzene rings is 5. The largest absolute Gasteiger partial charge is 0.369 e. The van der Waals surface area contributed by atoms with Gasteiger partial charge in [0, 0.05) is 59.7 Å². The van der Waals surface area contributed by atoms with E-state index in [1.165, 1.54) is 56.5 Å². The number of rotatable bonds is 48. The zero-order valence-corrected chi connectivity index (χ0v) is 77.3. The van der Waals surface area contributed by atoms with Gasteiger partial charge in [0.1, 0.15) is 57.6 Å². The van der Waals surface area contributed by atoms with Crippen molar-refractivity contribution in [2.45, 2.75) is 86.2 Å². The molecule has 0 aliphatic rings. The topological polar surface area (TPSA) is 606 Å². The van der Waals surface area contributed by atoms with Gasteiger partial charge >= 0.3 is 30.4 Å². The summed E-state index contributed by atoms with van der Waals surface area (Å²) >= 11 is 17.9. The summed E-state index contributed by atoms with van der Waals surface area (Å²) in [5.41, 5.74) is 26.2. The van der Waals surface area contributed by atoms with Crippen LogP contribution in [0.25, 0.3) is 44.7 Å². The van der Waals surface area contributed by atoms with Gasteiger partial charge in [0.2, 0.25) is 23.8 Å². The van der Waals surface area contributed by atoms with E-state index >= 15 is 0 Å². The Labute approximate surface area is 770 Å². The molecule has 52 heteroatoms. The van der Waals surface area contributed by atoms with E-state index in [4.69, 9.17) is 113 Å². The Morgan fingerprint density at radius 2 is 0.729 bits per heavy atom. The van der Waals surface area contributed by atoms with Gasteiger partial charge in [0.15, 0.2) is 67.8 Å². The van der Waals surface area contributed by atoms with Gasteiger partial charge in [0.25, 0.3) is 22.2 Å². The van der Waals surface area contributed by atoms with Crippen molar-refractivity contribution in [3.05, 3.63) is 255 Å². The van der Waals surface area contributed by atoms with Crippen LogP contribution in [-0.4, -0.2) is 179 Å². The minimum atomic E-state index is -3.94. The van der Waals surface area contributed by atoms with E-state index in [9.17, 15) is 61.0 Å². The first-order chi connectivity index (χ1) is 63.6. The molecule has 708 valence electrons. The molecule has 44 nitrogen and oxygen atoms in total. The predicted octanol–water partition coefficient (Wildman–Crippen LogP) is 11.4. The fraction of sp³-hybridized carbons (Fsp3) is 0.309. The number of hydrogen-bond acceptors (Lipinski definition) is 36. The molecule has 4 unspecified atom stereocenters. The summed E-state index contributed by atoms with van der Waals surface area (Å²) in [6.45, 7) is 7.72. The summed E-state index contributed by atoms with van der Waals surface area (Å²) in [4.78, 5) is 136. The summed E-state index contributed by atoms with van der Waals surface area (Å²) in [5, 5.41) is 1.53. The Morgan fingerprint density at radius 3 is 1.03 bits per heavy atom. The van der Waals surface area contributed by atoms with Crippen molar-refractivity contribution < 1.29 is 97.0 Å². The fourth-order valence-electron chi connectivity index (χ4n) is 11.4. The van der Waals surface area contributed by atoms with Crippen molar-refractivity contribution in [2.75, 3.05) is 101 Å². The highest BCUT2D eigenvalue weighted by Crippen LogP contribution is 2.52. The Balaban J connectivity index is 0.000000184. The monoisotopic (exact) mass is 1980 g/mol. The number of hydrogen-bond donors (Lipinski definition) is 8. The van der Waals surface area contributed by atoms with Gasteiger partial charge in [-0.25, -0.2) is 24.3 Å². The van der Waals surface area contributed by atoms with Crippen molar-refractivity contribution >= 4 is 157 Å². The van der Waals surface area contributed by atoms with E-state index < -0.39 is 84.3 Å². The van der Waals surface area contributed by atoms with Crippen molar-refractivity contribution in [1.82, 2.24) is 78.1 Å². The number of aromatic amines is 4. The SMILES string of the molecule is C=CCC(=O)COP(=O)(COCCn1cnc2c(=O)[nH]c(N)nc21)OCc1cccc(Cl)c1.CC(=O)COP(=O)(COCCn1cnc2c(=O)[nH]c(N)nc21)OCc1cccc(Cl)c1.CCC(=O)COP(=O)(COCCn1cnc2c(=O)[nH]c(N)nc21)OCc1cccc(Cl)c1.Cc1ccc(C(=O)COP(=O)(COCCn2cnc3c(=O)[nH]c(N)nc32)OCc2cccc(F)c2)cc1. The number of imidazole rings is 4. The van der Waals surface area contributed by atoms with Crippen molar-refractivity contribution in [3.63, 3.8) is 0 Å². The Morgan fingerprint density at radius 1 is 0.429 bits per heavy atom. The summed E-state index contributed by atoms with van der Waals surface area (Å²) in [7, 11) is -15.2. The molecule has 0 saturated heterocycles. The van der Waals surface area contributed by atoms with Crippen LogP contribution in [0.15, 0.2) is 178 Å². The average Bonchev–Trinajstić information content (AvgIpc) is 1.67. The van der Waals surface area contributed by atoms with Gasteiger partial charge < -0.3 is 78.2 Å². The van der Waals surface area contributed by atoms with E-state index in [-0.39, 0.29) is 192 Å². The van der Waals surface area contributed by atoms with E-state index in [2.05, 4.69) is 66.4 Å². The number of H-pyrrole nitrogens is 4. The first-order valence-corrected chi connectivity index (χ1v) is 48.0. The van der Waals surface area contributed by atoms with Crippen LogP contribution < -0.4 is 45.2 Å². The quantitative estimate of drug-likeness (QED) is 0.00760. The van der Waals surface area contributed by atoms with Gasteiger partial charge in [0.05, 0.1) is 78.2 Å². The number of aryl methyl sites for hydroxylation is 1. The molecule has 0 amide bonds. The number of anilines is 4. The van der Waals surface area contributed by atoms with Crippen LogP contribution in [0.3, 0.4) is 0 Å². The number of ketones is 4. The average molecular weight is 1980 g/mol. The number of halogens is 4. The third-order valence-electron chi connectivity index (χ3n) is 18.0. The molecule has 4 atom stereocenters. The van der Waals surface area contributed by atoms with Crippen LogP contribution in [0.2, 0.25) is 15.1 Å². The molecule has 0 bridgehead atoms. The Bertz CT molecular complexity index is 6700. The standard InChI is InChI=1S/C24H25FN5O6P.C20H23ClN5O6P.C19H23ClN5O6P.C18H21ClN5O6P/c1-16-5-7-18(8-6-16)20(31)13-36-37(33,35-12-17-3-2-4-19(25)11-17)15-34-10-9-30-14-27-21-22(30)28-24(26)29-23(21)32;1-2-4-16(27)11-32-33(29,31-10-14-5-3-6-15(21)9-14)13-30-8-7-26-12-23-17-18(26)24-20(22)25-19(17)28;1-2-15(26)10-31-32(28,30-9-13-4-3-5-14(20)8-13)12-29-7-6-25-11-22-16-17(25)23-19(21)24-18(16)27;1-12(25)8-29-31(27,30-9-13-3-2-4-14(19)7-13)11-28-6-5-24-10-21-15-16(24)22-18(20)23-17(15)26/h2-8,11,14H,9-10,12-13,15H2,1H3,(H3,26,28,29,32);2-3,5-6,9,12H,1,4,7-8,10-11,13H2,(H3,22,24,25,28);3-5,8,11H,2,6-7,9-10,12H2,1H3,(H3,21,23,24,27);2-4,7,10H,5-6,8-9,11H2,1H3,(H3,20,22,23,26). The van der Waals surface area contributed by atoms with Crippen LogP contribution in [0, 0.1) is 12.7 Å². The molecule has 13 aromatic rings. The van der Waals surface area contributed by atoms with Crippen LogP contribution in [0.4, 0.5) is 28.2 Å². The summed E-state index contributed by atoms with van der Waals surface area (Å²) in [5.74, 6) is -1.81. The lowest BCUT2D eigenvalue weighted by Gasteiger charge is -2.19. The highest BCUT2D eigenvalue weighted by molar-refractivity contribution is 7.54. The first kappa shape index (κ1) is 103. The van der Waals surface area contributed by atoms with Crippen LogP contribution >= 0.6 is 65.2 Å². The van der Waals surface area contributed by atoms with Crippen LogP contribution in [0.1, 0.15) is 64.9 Å². The van der Waals surface area contributed by atoms with Crippen molar-refractivity contribution in [3.8, 4) is 0 Å². The molecule has 8 aromatic heterocycles. The number of ether oxygens (including phenoxy) is 4. The normalized spacial score (nSPS) is 13.2. The zero-order chi connectivity index (χ0) is 95.8. The predicted molar refractivity (Wildman–Crippen MR) is 489 cm³/mol. The Kier molecular flexibility index (Phi) is 38.8. The number of aromatic nitrogens is 16. The molecule has 5 aromatic carbocycles. The lowest BCUT2D eigenvalue weighted by atomic mass is 10.1. The number of carbonyl (C=O) groups excluding carboxylic acids is 4. The number of nitrogens with zero attached hydrogens (tertiary/aromatic N) is 12. The second-order valence-corrected chi connectivity index (χ2v) is 37.8. The number of carbonyl (C=O) groups is 4. The second kappa shape index (κ2) is 49.9. The number of allylic oxidation sites excluding steroid dienone is 1. The molecule has 8 heterocycles. The molecule has 0 aliphatic carbocycles. The lowest BCUT2D eigenvalue weighted by molar-refractivity contribution is -0.121. The maximum absolute atomic E-state index is 13.5. The maximum atomic E-state index is 13.5. The van der Waals surface area contributed by atoms with Gasteiger partial charge in [-0.2, -0.15) is 19.9 Å². The minimum Gasteiger partial charge on any atom is -0.369 e. The highest BCUT2D eigenvalue weighted by atomic mass is 35.5. The molecule has 13 rings (SSSR count). The number of nitrogen functional groups attached to an aromatic ring is 4. The molecule has 12 N–H and O–H groups in total. The lowest BCUT2D eigenvalue weighted by Crippen LogP contribution is -2.14. The highest BCUT2D eigenvalue weighted by Gasteiger charge is 2.32. The minimum absolute atomic E-state index is 0.0281. The molecule has 0 fully saturated rings. The van der Waals surface area contributed by atoms with Gasteiger partial charge in [-0.1, -0.05) is 126 Å². The number of nitrogens with two attached hydrogens (primary N) is 4. The summed E-state index contributed by atoms with van der Waals surface area (Å²) in [6, 6.07) is 33.1. The van der Waals surface area contributed by atoms with Gasteiger partial charge in [-0.05, 0) is 84.6 Å². The molecule has 0 spiro atoms. The molecular formula is C81H92Cl3FN20O24P4. The van der Waals surface area contributed by atoms with E-state index in [0.717, 1.165) is 5.56 Å². The fourth-order valence-corrected chi connectivity index (χ4v) is 17.1. The molecular weight excluding hydrogens is 1890 g/mol. The van der Waals surface area contributed by atoms with Crippen molar-refractivity contribution in [1.29, 1.82) is 0 Å². The smallest absolute Gasteiger partial charge is 0.356 e. The van der Waals surface area contributed by atoms with E-state index in [0.29, 0.717) is 59.8 Å². The molecule has 133 heavy (non-hydrogen) atoms. The van der Waals surface area contributed by atoms with Gasteiger partial charge in [-0.3, -0.25) is 94.6 Å². The van der Waals surface area contributed by atoms with Crippen LogP contribution in [0.5, 0.6) is 0 Å². The number of fused-ring (bicyclic) bond motifs is 4. The zero-order valence-electron chi connectivity index (χ0n) is 71.5. The maximum Gasteiger partial charge on any atom is 0.356 e. The second-order valence-electron chi connectivity index (χ2n) is 28.5. The molecule has 0 radical (unpaired) electrons. The van der Waals surface area contributed by atoms with Crippen LogP contribution in [-0.2, 0) is 140 Å². The summed E-state index contributed by atoms with van der Waals surface area (Å²) < 4.78 is 138. The third kappa shape index (κ3) is 32.6. The molecule has 0 aliphatic heterocycles.